The van der Waals surface area contributed by atoms with E-state index in [1.807, 2.05) is 7.05 Å². The fourth-order valence-corrected chi connectivity index (χ4v) is 13.3. The molecular weight excluding hydrogens is 702 g/mol. The Morgan fingerprint density at radius 2 is 1.59 bits per heavy atom. The van der Waals surface area contributed by atoms with E-state index in [1.165, 1.54) is 5.57 Å². The Hall–Kier alpha value is -2.71. The van der Waals surface area contributed by atoms with Crippen LogP contribution in [0.3, 0.4) is 0 Å². The first-order valence-electron chi connectivity index (χ1n) is 20.4. The van der Waals surface area contributed by atoms with Crippen molar-refractivity contribution in [1.29, 1.82) is 0 Å². The van der Waals surface area contributed by atoms with E-state index in [2.05, 4.69) is 53.8 Å². The summed E-state index contributed by atoms with van der Waals surface area (Å²) in [6.45, 7) is 20.0. The maximum atomic E-state index is 14.3. The van der Waals surface area contributed by atoms with Gasteiger partial charge in [-0.1, -0.05) is 60.1 Å². The lowest BCUT2D eigenvalue weighted by atomic mass is 9.33. The second kappa shape index (κ2) is 14.0. The Labute approximate surface area is 327 Å². The van der Waals surface area contributed by atoms with Crippen LogP contribution in [0.15, 0.2) is 35.4 Å². The number of carbonyl (C=O) groups is 4. The number of nitrogens with one attached hydrogen (secondary N) is 1. The number of hydrogen-bond donors (Lipinski definition) is 2. The van der Waals surface area contributed by atoms with Crippen LogP contribution in [0.1, 0.15) is 137 Å². The monoisotopic (exact) mass is 765 g/mol. The molecule has 0 radical (unpaired) electrons. The van der Waals surface area contributed by atoms with E-state index in [-0.39, 0.29) is 51.8 Å². The lowest BCUT2D eigenvalue weighted by molar-refractivity contribution is -0.235. The number of Topliss-reactive ketones (excluding diaryl/α,β-unsaturated/α-hetero) is 1. The molecule has 4 fully saturated rings. The van der Waals surface area contributed by atoms with Gasteiger partial charge in [-0.05, 0) is 148 Å². The van der Waals surface area contributed by atoms with E-state index >= 15 is 0 Å². The van der Waals surface area contributed by atoms with Crippen LogP contribution in [-0.4, -0.2) is 54.6 Å². The number of ether oxygens (including phenoxy) is 2. The van der Waals surface area contributed by atoms with Crippen LogP contribution in [0.25, 0.3) is 0 Å². The number of rotatable bonds is 10. The molecule has 0 saturated heterocycles. The maximum absolute atomic E-state index is 14.3. The number of benzene rings is 1. The van der Waals surface area contributed by atoms with Gasteiger partial charge in [0.05, 0.1) is 17.4 Å². The highest BCUT2D eigenvalue weighted by atomic mass is 35.5. The largest absolute Gasteiger partial charge is 0.481 e. The average molecular weight is 766 g/mol. The van der Waals surface area contributed by atoms with E-state index in [9.17, 15) is 24.3 Å². The molecule has 4 saturated carbocycles. The molecule has 54 heavy (non-hydrogen) atoms. The molecule has 1 aromatic carbocycles. The number of allylic oxidation sites excluding steroid dienone is 1. The summed E-state index contributed by atoms with van der Waals surface area (Å²) in [6.07, 6.45) is 7.04. The number of likely N-dealkylation sites (N-methyl/N-ethyl adjacent to an activating group) is 1. The molecule has 5 aliphatic rings. The highest BCUT2D eigenvalue weighted by molar-refractivity contribution is 6.30. The predicted octanol–water partition coefficient (Wildman–Crippen LogP) is 9.48. The highest BCUT2D eigenvalue weighted by Crippen LogP contribution is 2.77. The van der Waals surface area contributed by atoms with Gasteiger partial charge in [0.2, 0.25) is 0 Å². The van der Waals surface area contributed by atoms with E-state index in [4.69, 9.17) is 21.1 Å². The van der Waals surface area contributed by atoms with Crippen LogP contribution in [-0.2, 0) is 23.9 Å². The van der Waals surface area contributed by atoms with Gasteiger partial charge in [0.25, 0.3) is 0 Å². The molecule has 0 bridgehead atoms. The van der Waals surface area contributed by atoms with Gasteiger partial charge < -0.3 is 19.9 Å². The van der Waals surface area contributed by atoms with Crippen LogP contribution in [0.4, 0.5) is 0 Å². The molecule has 0 amide bonds. The predicted molar refractivity (Wildman–Crippen MR) is 210 cm³/mol. The van der Waals surface area contributed by atoms with Gasteiger partial charge in [-0.3, -0.25) is 14.4 Å². The molecule has 9 heteroatoms. The summed E-state index contributed by atoms with van der Waals surface area (Å²) in [6, 6.07) is 6.80. The zero-order chi connectivity index (χ0) is 39.8. The molecule has 0 heterocycles. The topological polar surface area (TPSA) is 119 Å². The number of aliphatic carboxylic acids is 1. The Kier molecular flexibility index (Phi) is 10.6. The van der Waals surface area contributed by atoms with E-state index in [0.29, 0.717) is 35.4 Å². The van der Waals surface area contributed by atoms with Crippen molar-refractivity contribution in [2.24, 2.45) is 56.2 Å². The number of ketones is 1. The number of fused-ring (bicyclic) bond motifs is 7. The Balaban J connectivity index is 1.32. The molecular formula is C45H64ClNO7. The van der Waals surface area contributed by atoms with Crippen molar-refractivity contribution >= 4 is 35.3 Å². The van der Waals surface area contributed by atoms with Crippen molar-refractivity contribution in [3.8, 4) is 0 Å². The van der Waals surface area contributed by atoms with Crippen molar-refractivity contribution < 1.29 is 33.8 Å². The second-order valence-electron chi connectivity index (χ2n) is 20.0. The number of carbonyl (C=O) groups excluding carboxylic acids is 3. The van der Waals surface area contributed by atoms with Gasteiger partial charge in [-0.25, -0.2) is 4.79 Å². The first-order chi connectivity index (χ1) is 25.1. The zero-order valence-electron chi connectivity index (χ0n) is 34.3. The SMILES string of the molecule is CNCC(OC(=O)c1ccc(Cl)cc1)C12CCC3(C)C(CCC4C5(C)CCC(OC(=O)CC(C)(C)C(=O)O)C(C)(C)C5CCC43C)C1=C(C(C)C)C(=O)C2. The zero-order valence-corrected chi connectivity index (χ0v) is 35.1. The summed E-state index contributed by atoms with van der Waals surface area (Å²) >= 11 is 6.14. The van der Waals surface area contributed by atoms with Gasteiger partial charge in [-0.2, -0.15) is 0 Å². The third-order valence-corrected chi connectivity index (χ3v) is 16.4. The minimum Gasteiger partial charge on any atom is -0.481 e. The number of carboxylic acids is 1. The standard InChI is InChI=1S/C45H64ClNO7/c1-26(2)36-30(48)23-45(34(25-47-10)54-38(50)27-11-13-28(46)14-12-27)22-21-43(8)29(37(36)45)15-16-32-42(7)19-18-33(53-35(49)24-40(3,4)39(51)52)41(5,6)31(42)17-20-44(32,43)9/h11-14,26,29,31-34,47H,15-25H2,1-10H3,(H,51,52). The van der Waals surface area contributed by atoms with Crippen LogP contribution in [0.5, 0.6) is 0 Å². The van der Waals surface area contributed by atoms with Gasteiger partial charge in [0, 0.05) is 28.8 Å². The molecule has 6 rings (SSSR count). The third-order valence-electron chi connectivity index (χ3n) is 16.2. The van der Waals surface area contributed by atoms with Gasteiger partial charge in [0.1, 0.15) is 12.2 Å². The molecule has 298 valence electrons. The molecule has 1 aromatic rings. The smallest absolute Gasteiger partial charge is 0.338 e. The highest BCUT2D eigenvalue weighted by Gasteiger charge is 2.71. The summed E-state index contributed by atoms with van der Waals surface area (Å²) < 4.78 is 12.6. The molecule has 9 atom stereocenters. The van der Waals surface area contributed by atoms with Crippen LogP contribution >= 0.6 is 11.6 Å². The molecule has 9 unspecified atom stereocenters. The van der Waals surface area contributed by atoms with E-state index in [1.54, 1.807) is 38.1 Å². The molecule has 0 spiro atoms. The fourth-order valence-electron chi connectivity index (χ4n) is 13.2. The third kappa shape index (κ3) is 6.28. The van der Waals surface area contributed by atoms with Gasteiger partial charge in [-0.15, -0.1) is 0 Å². The number of hydrogen-bond acceptors (Lipinski definition) is 7. The van der Waals surface area contributed by atoms with Crippen molar-refractivity contribution in [3.63, 3.8) is 0 Å². The van der Waals surface area contributed by atoms with Crippen LogP contribution < -0.4 is 5.32 Å². The molecule has 0 aliphatic heterocycles. The fraction of sp³-hybridized carbons (Fsp3) is 0.733. The van der Waals surface area contributed by atoms with Gasteiger partial charge in [0.15, 0.2) is 5.78 Å². The quantitative estimate of drug-likeness (QED) is 0.226. The maximum Gasteiger partial charge on any atom is 0.338 e. The Morgan fingerprint density at radius 3 is 2.20 bits per heavy atom. The average Bonchev–Trinajstić information content (AvgIpc) is 3.39. The number of carboxylic acid groups (broad SMARTS) is 1. The normalized spacial score (nSPS) is 36.4. The summed E-state index contributed by atoms with van der Waals surface area (Å²) in [5.74, 6) is -0.552. The van der Waals surface area contributed by atoms with Crippen molar-refractivity contribution in [1.82, 2.24) is 5.32 Å². The van der Waals surface area contributed by atoms with E-state index < -0.39 is 34.8 Å². The minimum absolute atomic E-state index is 0.0116. The molecule has 2 N–H and O–H groups in total. The number of esters is 2. The van der Waals surface area contributed by atoms with Crippen molar-refractivity contribution in [3.05, 3.63) is 46.0 Å². The first kappa shape index (κ1) is 40.9. The Morgan fingerprint density at radius 1 is 0.926 bits per heavy atom. The summed E-state index contributed by atoms with van der Waals surface area (Å²) in [7, 11) is 1.88. The molecule has 8 nitrogen and oxygen atoms in total. The molecule has 0 aromatic heterocycles. The second-order valence-corrected chi connectivity index (χ2v) is 20.5. The van der Waals surface area contributed by atoms with E-state index in [0.717, 1.165) is 56.9 Å². The summed E-state index contributed by atoms with van der Waals surface area (Å²) in [5.41, 5.74) is 0.663. The van der Waals surface area contributed by atoms with Crippen LogP contribution in [0, 0.1) is 56.2 Å². The lowest BCUT2D eigenvalue weighted by Crippen LogP contribution is -2.66. The first-order valence-corrected chi connectivity index (χ1v) is 20.8. The summed E-state index contributed by atoms with van der Waals surface area (Å²) in [5, 5.41) is 13.5. The molecule has 5 aliphatic carbocycles. The summed E-state index contributed by atoms with van der Waals surface area (Å²) in [4.78, 5) is 52.8. The van der Waals surface area contributed by atoms with Gasteiger partial charge >= 0.3 is 17.9 Å². The Bertz CT molecular complexity index is 1710. The minimum atomic E-state index is -1.18. The lowest BCUT2D eigenvalue weighted by Gasteiger charge is -2.72. The number of halogens is 1. The van der Waals surface area contributed by atoms with Crippen molar-refractivity contribution in [2.75, 3.05) is 13.6 Å². The van der Waals surface area contributed by atoms with Crippen LogP contribution in [0.2, 0.25) is 5.02 Å². The van der Waals surface area contributed by atoms with Crippen molar-refractivity contribution in [2.45, 2.75) is 139 Å².